The van der Waals surface area contributed by atoms with Crippen LogP contribution in [0.2, 0.25) is 0 Å². The maximum atomic E-state index is 5.67. The SMILES string of the molecule is Cc1cc(C2COCCCN2)c2ccccc2n1. The second-order valence-corrected chi connectivity index (χ2v) is 4.81. The molecule has 1 aromatic carbocycles. The summed E-state index contributed by atoms with van der Waals surface area (Å²) < 4.78 is 5.67. The number of ether oxygens (including phenoxy) is 1. The van der Waals surface area contributed by atoms with Gasteiger partial charge in [-0.25, -0.2) is 0 Å². The van der Waals surface area contributed by atoms with Crippen molar-refractivity contribution in [1.29, 1.82) is 0 Å². The highest BCUT2D eigenvalue weighted by molar-refractivity contribution is 5.82. The second-order valence-electron chi connectivity index (χ2n) is 4.81. The predicted molar refractivity (Wildman–Crippen MR) is 72.7 cm³/mol. The summed E-state index contributed by atoms with van der Waals surface area (Å²) in [5.41, 5.74) is 3.44. The van der Waals surface area contributed by atoms with Crippen LogP contribution in [0.25, 0.3) is 10.9 Å². The summed E-state index contributed by atoms with van der Waals surface area (Å²) in [5.74, 6) is 0. The topological polar surface area (TPSA) is 34.1 Å². The van der Waals surface area contributed by atoms with Crippen LogP contribution in [-0.4, -0.2) is 24.7 Å². The van der Waals surface area contributed by atoms with Crippen LogP contribution in [0.15, 0.2) is 30.3 Å². The van der Waals surface area contributed by atoms with E-state index in [9.17, 15) is 0 Å². The molecule has 0 bridgehead atoms. The summed E-state index contributed by atoms with van der Waals surface area (Å²) in [4.78, 5) is 4.59. The smallest absolute Gasteiger partial charge is 0.0708 e. The molecule has 2 heterocycles. The maximum absolute atomic E-state index is 5.67. The number of pyridine rings is 1. The molecule has 3 rings (SSSR count). The molecule has 1 aromatic heterocycles. The average molecular weight is 242 g/mol. The van der Waals surface area contributed by atoms with Crippen LogP contribution in [0.5, 0.6) is 0 Å². The first-order chi connectivity index (χ1) is 8.84. The molecule has 2 aromatic rings. The van der Waals surface area contributed by atoms with Gasteiger partial charge < -0.3 is 10.1 Å². The Morgan fingerprint density at radius 3 is 3.17 bits per heavy atom. The van der Waals surface area contributed by atoms with Crippen LogP contribution in [0.4, 0.5) is 0 Å². The Bertz CT molecular complexity index is 545. The van der Waals surface area contributed by atoms with E-state index in [0.29, 0.717) is 0 Å². The van der Waals surface area contributed by atoms with Crippen LogP contribution in [-0.2, 0) is 4.74 Å². The minimum absolute atomic E-state index is 0.277. The van der Waals surface area contributed by atoms with E-state index in [0.717, 1.165) is 37.4 Å². The van der Waals surface area contributed by atoms with Gasteiger partial charge in [0.05, 0.1) is 18.2 Å². The third-order valence-electron chi connectivity index (χ3n) is 3.39. The number of nitrogens with one attached hydrogen (secondary N) is 1. The normalized spacial score (nSPS) is 20.8. The Hall–Kier alpha value is -1.45. The zero-order valence-corrected chi connectivity index (χ0v) is 10.6. The van der Waals surface area contributed by atoms with Crippen molar-refractivity contribution in [2.45, 2.75) is 19.4 Å². The molecule has 1 saturated heterocycles. The van der Waals surface area contributed by atoms with E-state index < -0.39 is 0 Å². The summed E-state index contributed by atoms with van der Waals surface area (Å²) in [6, 6.07) is 10.8. The minimum Gasteiger partial charge on any atom is -0.379 e. The van der Waals surface area contributed by atoms with Crippen LogP contribution in [0.3, 0.4) is 0 Å². The molecular weight excluding hydrogens is 224 g/mol. The molecule has 3 heteroatoms. The van der Waals surface area contributed by atoms with Crippen molar-refractivity contribution in [1.82, 2.24) is 10.3 Å². The first kappa shape index (κ1) is 11.6. The van der Waals surface area contributed by atoms with Gasteiger partial charge in [0.15, 0.2) is 0 Å². The number of rotatable bonds is 1. The second kappa shape index (κ2) is 5.04. The molecule has 0 saturated carbocycles. The average Bonchev–Trinajstić information content (AvgIpc) is 2.66. The number of fused-ring (bicyclic) bond motifs is 1. The summed E-state index contributed by atoms with van der Waals surface area (Å²) in [6.45, 7) is 4.66. The summed E-state index contributed by atoms with van der Waals surface area (Å²) in [5, 5.41) is 4.79. The quantitative estimate of drug-likeness (QED) is 0.834. The summed E-state index contributed by atoms with van der Waals surface area (Å²) >= 11 is 0. The molecule has 1 aliphatic rings. The van der Waals surface area contributed by atoms with Crippen molar-refractivity contribution in [3.05, 3.63) is 41.6 Å². The van der Waals surface area contributed by atoms with Crippen LogP contribution < -0.4 is 5.32 Å². The molecule has 0 aliphatic carbocycles. The summed E-state index contributed by atoms with van der Waals surface area (Å²) in [6.07, 6.45) is 1.08. The number of hydrogen-bond acceptors (Lipinski definition) is 3. The highest BCUT2D eigenvalue weighted by Gasteiger charge is 2.17. The van der Waals surface area contributed by atoms with Gasteiger partial charge in [0.2, 0.25) is 0 Å². The van der Waals surface area contributed by atoms with Gasteiger partial charge in [0.25, 0.3) is 0 Å². The third kappa shape index (κ3) is 2.24. The van der Waals surface area contributed by atoms with E-state index in [1.165, 1.54) is 10.9 Å². The number of aromatic nitrogens is 1. The molecular formula is C15H18N2O. The monoisotopic (exact) mass is 242 g/mol. The van der Waals surface area contributed by atoms with E-state index in [-0.39, 0.29) is 6.04 Å². The highest BCUT2D eigenvalue weighted by atomic mass is 16.5. The van der Waals surface area contributed by atoms with Gasteiger partial charge >= 0.3 is 0 Å². The molecule has 1 atom stereocenters. The van der Waals surface area contributed by atoms with Crippen molar-refractivity contribution in [2.75, 3.05) is 19.8 Å². The van der Waals surface area contributed by atoms with Crippen molar-refractivity contribution in [2.24, 2.45) is 0 Å². The van der Waals surface area contributed by atoms with E-state index in [4.69, 9.17) is 4.74 Å². The lowest BCUT2D eigenvalue weighted by Crippen LogP contribution is -2.23. The number of nitrogens with zero attached hydrogens (tertiary/aromatic N) is 1. The van der Waals surface area contributed by atoms with Gasteiger partial charge in [-0.2, -0.15) is 0 Å². The van der Waals surface area contributed by atoms with Gasteiger partial charge in [0.1, 0.15) is 0 Å². The fraction of sp³-hybridized carbons (Fsp3) is 0.400. The van der Waals surface area contributed by atoms with Crippen LogP contribution >= 0.6 is 0 Å². The fourth-order valence-electron chi connectivity index (χ4n) is 2.54. The van der Waals surface area contributed by atoms with Crippen molar-refractivity contribution < 1.29 is 4.74 Å². The standard InChI is InChI=1S/C15H18N2O/c1-11-9-13(15-10-18-8-4-7-16-15)12-5-2-3-6-14(12)17-11/h2-3,5-6,9,15-16H,4,7-8,10H2,1H3. The van der Waals surface area contributed by atoms with Crippen molar-refractivity contribution >= 4 is 10.9 Å². The lowest BCUT2D eigenvalue weighted by atomic mass is 10.0. The molecule has 0 radical (unpaired) electrons. The molecule has 0 amide bonds. The third-order valence-corrected chi connectivity index (χ3v) is 3.39. The molecule has 18 heavy (non-hydrogen) atoms. The van der Waals surface area contributed by atoms with Crippen molar-refractivity contribution in [3.8, 4) is 0 Å². The van der Waals surface area contributed by atoms with Crippen LogP contribution in [0.1, 0.15) is 23.7 Å². The summed E-state index contributed by atoms with van der Waals surface area (Å²) in [7, 11) is 0. The molecule has 1 unspecified atom stereocenters. The van der Waals surface area contributed by atoms with Gasteiger partial charge in [-0.3, -0.25) is 4.98 Å². The number of benzene rings is 1. The molecule has 1 fully saturated rings. The van der Waals surface area contributed by atoms with E-state index in [1.54, 1.807) is 0 Å². The zero-order chi connectivity index (χ0) is 12.4. The van der Waals surface area contributed by atoms with Gasteiger partial charge in [-0.1, -0.05) is 18.2 Å². The first-order valence-electron chi connectivity index (χ1n) is 6.52. The zero-order valence-electron chi connectivity index (χ0n) is 10.6. The van der Waals surface area contributed by atoms with E-state index in [1.807, 2.05) is 13.0 Å². The Morgan fingerprint density at radius 2 is 2.22 bits per heavy atom. The highest BCUT2D eigenvalue weighted by Crippen LogP contribution is 2.25. The predicted octanol–water partition coefficient (Wildman–Crippen LogP) is 2.59. The Balaban J connectivity index is 2.08. The lowest BCUT2D eigenvalue weighted by molar-refractivity contribution is 0.132. The lowest BCUT2D eigenvalue weighted by Gasteiger charge is -2.18. The minimum atomic E-state index is 0.277. The van der Waals surface area contributed by atoms with E-state index >= 15 is 0 Å². The van der Waals surface area contributed by atoms with E-state index in [2.05, 4.69) is 34.6 Å². The molecule has 3 nitrogen and oxygen atoms in total. The fourth-order valence-corrected chi connectivity index (χ4v) is 2.54. The number of aryl methyl sites for hydroxylation is 1. The van der Waals surface area contributed by atoms with Crippen LogP contribution in [0, 0.1) is 6.92 Å². The Morgan fingerprint density at radius 1 is 1.33 bits per heavy atom. The number of hydrogen-bond donors (Lipinski definition) is 1. The maximum Gasteiger partial charge on any atom is 0.0708 e. The first-order valence-corrected chi connectivity index (χ1v) is 6.52. The van der Waals surface area contributed by atoms with Crippen molar-refractivity contribution in [3.63, 3.8) is 0 Å². The Kier molecular flexibility index (Phi) is 3.26. The van der Waals surface area contributed by atoms with Gasteiger partial charge in [0, 0.05) is 17.7 Å². The number of para-hydroxylation sites is 1. The molecule has 1 N–H and O–H groups in total. The Labute approximate surface area is 107 Å². The molecule has 94 valence electrons. The largest absolute Gasteiger partial charge is 0.379 e. The van der Waals surface area contributed by atoms with Gasteiger partial charge in [-0.15, -0.1) is 0 Å². The van der Waals surface area contributed by atoms with Gasteiger partial charge in [-0.05, 0) is 37.6 Å². The molecule has 1 aliphatic heterocycles. The molecule has 0 spiro atoms.